The zero-order chi connectivity index (χ0) is 26.5. The molecule has 0 unspecified atom stereocenters. The van der Waals surface area contributed by atoms with E-state index >= 15 is 0 Å². The molecule has 14 heteroatoms. The van der Waals surface area contributed by atoms with Crippen molar-refractivity contribution >= 4 is 17.5 Å². The number of carbonyl (C=O) groups is 1. The SMILES string of the molecule is COc1cc([C@H](Nc2ccc(C(=N)N)c(OC(C)=O)c2)c2nn(-c3ncccn3)c(=O)[nH]2)cc(OC)n1. The molecule has 0 spiro atoms. The molecule has 37 heavy (non-hydrogen) atoms. The summed E-state index contributed by atoms with van der Waals surface area (Å²) in [5.41, 5.74) is 6.35. The first-order chi connectivity index (χ1) is 17.8. The highest BCUT2D eigenvalue weighted by molar-refractivity contribution is 5.98. The second kappa shape index (κ2) is 10.6. The van der Waals surface area contributed by atoms with Gasteiger partial charge in [-0.05, 0) is 23.8 Å². The van der Waals surface area contributed by atoms with Crippen LogP contribution in [0.3, 0.4) is 0 Å². The number of H-pyrrole nitrogens is 1. The highest BCUT2D eigenvalue weighted by Crippen LogP contribution is 2.31. The van der Waals surface area contributed by atoms with Crippen molar-refractivity contribution in [1.29, 1.82) is 5.41 Å². The van der Waals surface area contributed by atoms with E-state index in [0.29, 0.717) is 11.3 Å². The molecule has 0 radical (unpaired) electrons. The maximum atomic E-state index is 12.8. The van der Waals surface area contributed by atoms with Gasteiger partial charge in [-0.1, -0.05) is 0 Å². The van der Waals surface area contributed by atoms with Crippen LogP contribution in [0, 0.1) is 5.41 Å². The molecule has 0 saturated carbocycles. The van der Waals surface area contributed by atoms with Gasteiger partial charge in [0.15, 0.2) is 5.82 Å². The highest BCUT2D eigenvalue weighted by atomic mass is 16.5. The fourth-order valence-electron chi connectivity index (χ4n) is 3.43. The van der Waals surface area contributed by atoms with E-state index in [9.17, 15) is 9.59 Å². The molecule has 0 bridgehead atoms. The van der Waals surface area contributed by atoms with Crippen molar-refractivity contribution in [3.8, 4) is 23.5 Å². The van der Waals surface area contributed by atoms with E-state index in [4.69, 9.17) is 25.4 Å². The van der Waals surface area contributed by atoms with Crippen molar-refractivity contribution in [1.82, 2.24) is 29.7 Å². The molecule has 0 aliphatic heterocycles. The van der Waals surface area contributed by atoms with Crippen molar-refractivity contribution < 1.29 is 19.0 Å². The summed E-state index contributed by atoms with van der Waals surface area (Å²) in [5.74, 6) is 0.0627. The third kappa shape index (κ3) is 5.53. The number of carbonyl (C=O) groups excluding carboxylic acids is 1. The van der Waals surface area contributed by atoms with Gasteiger partial charge in [-0.3, -0.25) is 15.2 Å². The first-order valence-electron chi connectivity index (χ1n) is 10.8. The number of ether oxygens (including phenoxy) is 3. The number of nitrogens with zero attached hydrogens (tertiary/aromatic N) is 5. The molecule has 0 fully saturated rings. The van der Waals surface area contributed by atoms with Crippen LogP contribution in [-0.2, 0) is 4.79 Å². The van der Waals surface area contributed by atoms with E-state index in [1.165, 1.54) is 45.7 Å². The lowest BCUT2D eigenvalue weighted by Crippen LogP contribution is -2.18. The molecule has 0 aliphatic carbocycles. The molecule has 0 saturated heterocycles. The van der Waals surface area contributed by atoms with Gasteiger partial charge in [0, 0.05) is 43.2 Å². The van der Waals surface area contributed by atoms with E-state index in [0.717, 1.165) is 4.68 Å². The molecular weight excluding hydrogens is 482 g/mol. The number of anilines is 1. The fraction of sp³-hybridized carbons (Fsp3) is 0.174. The first-order valence-corrected chi connectivity index (χ1v) is 10.8. The van der Waals surface area contributed by atoms with Crippen LogP contribution >= 0.6 is 0 Å². The number of hydrogen-bond donors (Lipinski definition) is 4. The van der Waals surface area contributed by atoms with E-state index in [-0.39, 0.29) is 40.7 Å². The number of aromatic nitrogens is 6. The Morgan fingerprint density at radius 2 is 1.81 bits per heavy atom. The van der Waals surface area contributed by atoms with E-state index < -0.39 is 17.7 Å². The summed E-state index contributed by atoms with van der Waals surface area (Å²) in [6.07, 6.45) is 2.98. The fourth-order valence-corrected chi connectivity index (χ4v) is 3.43. The van der Waals surface area contributed by atoms with Gasteiger partial charge in [-0.15, -0.1) is 9.78 Å². The molecule has 1 atom stereocenters. The zero-order valence-corrected chi connectivity index (χ0v) is 20.1. The number of benzene rings is 1. The third-order valence-electron chi connectivity index (χ3n) is 5.04. The Morgan fingerprint density at radius 3 is 2.41 bits per heavy atom. The molecular formula is C23H23N9O5. The number of aromatic amines is 1. The first kappa shape index (κ1) is 24.8. The number of hydrogen-bond acceptors (Lipinski definition) is 11. The summed E-state index contributed by atoms with van der Waals surface area (Å²) >= 11 is 0. The van der Waals surface area contributed by atoms with Crippen LogP contribution in [0.4, 0.5) is 5.69 Å². The predicted molar refractivity (Wildman–Crippen MR) is 131 cm³/mol. The van der Waals surface area contributed by atoms with Crippen molar-refractivity contribution in [2.75, 3.05) is 19.5 Å². The van der Waals surface area contributed by atoms with Crippen LogP contribution in [0.25, 0.3) is 5.95 Å². The summed E-state index contributed by atoms with van der Waals surface area (Å²) in [6.45, 7) is 1.24. The lowest BCUT2D eigenvalue weighted by Gasteiger charge is -2.20. The summed E-state index contributed by atoms with van der Waals surface area (Å²) in [6, 6.07) is 8.82. The Kier molecular flexibility index (Phi) is 7.09. The second-order valence-corrected chi connectivity index (χ2v) is 7.56. The minimum absolute atomic E-state index is 0.0848. The van der Waals surface area contributed by atoms with Gasteiger partial charge in [-0.2, -0.15) is 4.98 Å². The maximum absolute atomic E-state index is 12.8. The normalized spacial score (nSPS) is 11.4. The summed E-state index contributed by atoms with van der Waals surface area (Å²) in [4.78, 5) is 39.5. The van der Waals surface area contributed by atoms with E-state index in [2.05, 4.69) is 30.4 Å². The van der Waals surface area contributed by atoms with E-state index in [1.54, 1.807) is 24.3 Å². The van der Waals surface area contributed by atoms with Gasteiger partial charge < -0.3 is 25.3 Å². The van der Waals surface area contributed by atoms with Crippen molar-refractivity contribution in [2.45, 2.75) is 13.0 Å². The Labute approximate surface area is 210 Å². The average Bonchev–Trinajstić information content (AvgIpc) is 3.28. The highest BCUT2D eigenvalue weighted by Gasteiger charge is 2.23. The monoisotopic (exact) mass is 505 g/mol. The summed E-state index contributed by atoms with van der Waals surface area (Å²) < 4.78 is 16.9. The number of pyridine rings is 1. The third-order valence-corrected chi connectivity index (χ3v) is 5.04. The van der Waals surface area contributed by atoms with Crippen LogP contribution in [-0.4, -0.2) is 55.7 Å². The minimum Gasteiger partial charge on any atom is -0.481 e. The van der Waals surface area contributed by atoms with Crippen molar-refractivity contribution in [3.63, 3.8) is 0 Å². The lowest BCUT2D eigenvalue weighted by atomic mass is 10.1. The lowest BCUT2D eigenvalue weighted by molar-refractivity contribution is -0.131. The van der Waals surface area contributed by atoms with Gasteiger partial charge in [0.2, 0.25) is 11.8 Å². The molecule has 3 aromatic heterocycles. The van der Waals surface area contributed by atoms with Gasteiger partial charge in [0.1, 0.15) is 17.6 Å². The van der Waals surface area contributed by atoms with Gasteiger partial charge in [0.25, 0.3) is 5.95 Å². The molecule has 0 amide bonds. The Bertz CT molecular complexity index is 1480. The smallest absolute Gasteiger partial charge is 0.350 e. The van der Waals surface area contributed by atoms with Gasteiger partial charge >= 0.3 is 11.7 Å². The van der Waals surface area contributed by atoms with E-state index in [1.807, 2.05) is 0 Å². The number of nitrogens with one attached hydrogen (secondary N) is 3. The number of nitrogens with two attached hydrogens (primary N) is 1. The Balaban J connectivity index is 1.83. The Hall–Kier alpha value is -5.27. The number of rotatable bonds is 9. The van der Waals surface area contributed by atoms with Crippen LogP contribution in [0.15, 0.2) is 53.6 Å². The molecule has 190 valence electrons. The number of amidine groups is 1. The summed E-state index contributed by atoms with van der Waals surface area (Å²) in [7, 11) is 2.92. The second-order valence-electron chi connectivity index (χ2n) is 7.56. The van der Waals surface area contributed by atoms with Crippen LogP contribution in [0.5, 0.6) is 17.5 Å². The number of methoxy groups -OCH3 is 2. The maximum Gasteiger partial charge on any atom is 0.350 e. The largest absolute Gasteiger partial charge is 0.481 e. The quantitative estimate of drug-likeness (QED) is 0.110. The molecule has 1 aromatic carbocycles. The topological polar surface area (TPSA) is 196 Å². The predicted octanol–water partition coefficient (Wildman–Crippen LogP) is 1.17. The average molecular weight is 505 g/mol. The van der Waals surface area contributed by atoms with Crippen molar-refractivity contribution in [2.24, 2.45) is 5.73 Å². The van der Waals surface area contributed by atoms with Crippen LogP contribution in [0.2, 0.25) is 0 Å². The number of nitrogen functional groups attached to an aromatic ring is 1. The van der Waals surface area contributed by atoms with Crippen molar-refractivity contribution in [3.05, 3.63) is 76.2 Å². The molecule has 4 aromatic rings. The van der Waals surface area contributed by atoms with Crippen LogP contribution < -0.4 is 31.0 Å². The molecule has 3 heterocycles. The molecule has 0 aliphatic rings. The Morgan fingerprint density at radius 1 is 1.14 bits per heavy atom. The number of esters is 1. The summed E-state index contributed by atoms with van der Waals surface area (Å²) in [5, 5.41) is 15.4. The zero-order valence-electron chi connectivity index (χ0n) is 20.1. The standard InChI is InChI=1S/C23H23N9O5/c1-12(33)37-16-11-14(5-6-15(16)20(24)25)28-19(13-9-17(35-2)29-18(10-13)36-3)21-30-23(34)32(31-21)22-26-7-4-8-27-22/h4-11,19,28H,1-3H3,(H3,24,25)(H,30,31,34)/t19-/m0/s1. The van der Waals surface area contributed by atoms with Crippen LogP contribution in [0.1, 0.15) is 29.9 Å². The molecule has 4 rings (SSSR count). The minimum atomic E-state index is -0.781. The van der Waals surface area contributed by atoms with Gasteiger partial charge in [-0.25, -0.2) is 14.8 Å². The molecule has 5 N–H and O–H groups in total. The van der Waals surface area contributed by atoms with Gasteiger partial charge in [0.05, 0.1) is 19.8 Å². The molecule has 14 nitrogen and oxygen atoms in total.